The van der Waals surface area contributed by atoms with E-state index in [1.807, 2.05) is 0 Å². The van der Waals surface area contributed by atoms with Gasteiger partial charge in [0.25, 0.3) is 0 Å². The maximum Gasteiger partial charge on any atom is 0.345 e. The van der Waals surface area contributed by atoms with E-state index in [2.05, 4.69) is 4.74 Å². The molecule has 238 valence electrons. The van der Waals surface area contributed by atoms with Gasteiger partial charge >= 0.3 is 5.97 Å². The molecule has 0 unspecified atom stereocenters. The lowest BCUT2D eigenvalue weighted by Gasteiger charge is -2.21. The van der Waals surface area contributed by atoms with E-state index in [0.717, 1.165) is 0 Å². The molecular weight excluding hydrogens is 665 g/mol. The van der Waals surface area contributed by atoms with E-state index in [9.17, 15) is 86.0 Å². The first-order valence-corrected chi connectivity index (χ1v) is 10.9. The van der Waals surface area contributed by atoms with Crippen LogP contribution in [0.2, 0.25) is 0 Å². The first kappa shape index (κ1) is 32.6. The second-order valence-electron chi connectivity index (χ2n) is 8.35. The summed E-state index contributed by atoms with van der Waals surface area (Å²) in [4.78, 5) is 13.1. The minimum Gasteiger partial charge on any atom is -0.504 e. The molecule has 0 aromatic heterocycles. The Morgan fingerprint density at radius 2 is 0.600 bits per heavy atom. The van der Waals surface area contributed by atoms with Crippen LogP contribution in [0.25, 0.3) is 22.3 Å². The number of hydrogen-bond acceptors (Lipinski definition) is 5. The van der Waals surface area contributed by atoms with Crippen molar-refractivity contribution >= 4 is 5.97 Å². The molecule has 3 N–H and O–H groups in total. The van der Waals surface area contributed by atoms with Crippen molar-refractivity contribution in [1.29, 1.82) is 0 Å². The number of carbonyl (C=O) groups excluding carboxylic acids is 1. The topological polar surface area (TPSA) is 87.0 Å². The van der Waals surface area contributed by atoms with Gasteiger partial charge in [0.2, 0.25) is 52.2 Å². The van der Waals surface area contributed by atoms with Crippen LogP contribution in [0.15, 0.2) is 0 Å². The number of halogens is 15. The van der Waals surface area contributed by atoms with Gasteiger partial charge in [0.15, 0.2) is 58.0 Å². The molecule has 4 aromatic rings. The molecule has 0 aliphatic rings. The highest BCUT2D eigenvalue weighted by atomic mass is 19.2. The lowest BCUT2D eigenvalue weighted by molar-refractivity contribution is 0.0716. The molecule has 0 radical (unpaired) electrons. The average Bonchev–Trinajstić information content (AvgIpc) is 3.01. The number of rotatable bonds is 4. The molecule has 0 atom stereocenters. The number of aromatic hydroxyl groups is 3. The van der Waals surface area contributed by atoms with Gasteiger partial charge in [0.05, 0.1) is 16.7 Å². The summed E-state index contributed by atoms with van der Waals surface area (Å²) in [6.07, 6.45) is 0. The average molecular weight is 668 g/mol. The van der Waals surface area contributed by atoms with Crippen molar-refractivity contribution in [2.24, 2.45) is 0 Å². The predicted octanol–water partition coefficient (Wildman–Crippen LogP) is 7.44. The molecule has 0 bridgehead atoms. The normalized spacial score (nSPS) is 11.4. The molecule has 0 saturated heterocycles. The van der Waals surface area contributed by atoms with Gasteiger partial charge in [-0.05, 0) is 0 Å². The molecule has 4 aromatic carbocycles. The van der Waals surface area contributed by atoms with Gasteiger partial charge in [-0.1, -0.05) is 0 Å². The van der Waals surface area contributed by atoms with Crippen LogP contribution in [0, 0.1) is 87.3 Å². The molecule has 0 spiro atoms. The highest BCUT2D eigenvalue weighted by Gasteiger charge is 2.40. The van der Waals surface area contributed by atoms with Gasteiger partial charge in [-0.3, -0.25) is 0 Å². The van der Waals surface area contributed by atoms with E-state index < -0.39 is 144 Å². The highest BCUT2D eigenvalue weighted by molar-refractivity contribution is 6.09. The summed E-state index contributed by atoms with van der Waals surface area (Å²) in [5, 5.41) is 30.7. The summed E-state index contributed by atoms with van der Waals surface area (Å²) in [6.45, 7) is 0. The van der Waals surface area contributed by atoms with Crippen LogP contribution in [-0.4, -0.2) is 21.3 Å². The minimum atomic E-state index is -3.01. The summed E-state index contributed by atoms with van der Waals surface area (Å²) >= 11 is 0. The van der Waals surface area contributed by atoms with Crippen LogP contribution in [0.1, 0.15) is 10.4 Å². The Hall–Kier alpha value is -5.30. The minimum absolute atomic E-state index is 2.33. The van der Waals surface area contributed by atoms with Crippen molar-refractivity contribution in [1.82, 2.24) is 0 Å². The van der Waals surface area contributed by atoms with Crippen LogP contribution < -0.4 is 4.74 Å². The zero-order chi connectivity index (χ0) is 34.1. The number of phenolic OH excluding ortho intramolecular Hbond substituents is 3. The van der Waals surface area contributed by atoms with E-state index >= 15 is 0 Å². The predicted molar refractivity (Wildman–Crippen MR) is 113 cm³/mol. The second-order valence-corrected chi connectivity index (χ2v) is 8.35. The number of hydrogen-bond donors (Lipinski definition) is 3. The van der Waals surface area contributed by atoms with Gasteiger partial charge in [-0.2, -0.15) is 8.78 Å². The SMILES string of the molecule is O=C(Oc1c(F)c(F)c(F)c(F)c1F)c1c(-c2c(F)c(F)c(F)c(F)c2F)c(O)c(O)c(O)c1-c1c(F)c(F)c(F)c(F)c1F. The standard InChI is InChI=1S/C25H3F15O5/c26-6-4(7(27)11(31)14(34)10(6)30)1-3(25(44)45-24-19(39)17(37)16(36)18(38)20(24)40)2(22(42)23(43)21(1)41)5-8(28)12(32)15(35)13(33)9(5)29/h41-43H. The fourth-order valence-electron chi connectivity index (χ4n) is 3.87. The highest BCUT2D eigenvalue weighted by Crippen LogP contribution is 2.54. The van der Waals surface area contributed by atoms with Crippen molar-refractivity contribution in [3.8, 4) is 45.3 Å². The number of esters is 1. The summed E-state index contributed by atoms with van der Waals surface area (Å²) in [7, 11) is 0. The van der Waals surface area contributed by atoms with Crippen LogP contribution in [0.5, 0.6) is 23.0 Å². The van der Waals surface area contributed by atoms with E-state index in [4.69, 9.17) is 0 Å². The Morgan fingerprint density at radius 1 is 0.356 bits per heavy atom. The van der Waals surface area contributed by atoms with E-state index in [0.29, 0.717) is 0 Å². The Bertz CT molecular complexity index is 1810. The fourth-order valence-corrected chi connectivity index (χ4v) is 3.87. The van der Waals surface area contributed by atoms with Crippen molar-refractivity contribution in [2.45, 2.75) is 0 Å². The molecule has 0 aliphatic carbocycles. The van der Waals surface area contributed by atoms with Gasteiger partial charge in [-0.25, -0.2) is 61.9 Å². The number of benzene rings is 4. The van der Waals surface area contributed by atoms with Crippen LogP contribution in [0.4, 0.5) is 65.9 Å². The molecule has 0 amide bonds. The van der Waals surface area contributed by atoms with Crippen LogP contribution >= 0.6 is 0 Å². The summed E-state index contributed by atoms with van der Waals surface area (Å²) in [6, 6.07) is 0. The summed E-state index contributed by atoms with van der Waals surface area (Å²) < 4.78 is 216. The van der Waals surface area contributed by atoms with Crippen molar-refractivity contribution in [3.63, 3.8) is 0 Å². The molecule has 0 aliphatic heterocycles. The monoisotopic (exact) mass is 668 g/mol. The van der Waals surface area contributed by atoms with Gasteiger partial charge in [0.1, 0.15) is 0 Å². The smallest absolute Gasteiger partial charge is 0.345 e. The van der Waals surface area contributed by atoms with Crippen molar-refractivity contribution in [3.05, 3.63) is 92.8 Å². The number of phenols is 3. The third kappa shape index (κ3) is 4.58. The van der Waals surface area contributed by atoms with Crippen molar-refractivity contribution < 1.29 is 90.7 Å². The van der Waals surface area contributed by atoms with Gasteiger partial charge in [0, 0.05) is 11.1 Å². The largest absolute Gasteiger partial charge is 0.504 e. The molecular formula is C25H3F15O5. The van der Waals surface area contributed by atoms with Gasteiger partial charge < -0.3 is 20.1 Å². The number of carbonyl (C=O) groups is 1. The number of ether oxygens (including phenoxy) is 1. The Labute approximate surface area is 235 Å². The quantitative estimate of drug-likeness (QED) is 0.0526. The summed E-state index contributed by atoms with van der Waals surface area (Å²) in [5.41, 5.74) is -12.6. The second kappa shape index (κ2) is 11.0. The zero-order valence-corrected chi connectivity index (χ0v) is 20.3. The van der Waals surface area contributed by atoms with Crippen LogP contribution in [0.3, 0.4) is 0 Å². The molecule has 5 nitrogen and oxygen atoms in total. The summed E-state index contributed by atoms with van der Waals surface area (Å²) in [5.74, 6) is -57.3. The molecule has 0 heterocycles. The van der Waals surface area contributed by atoms with E-state index in [1.165, 1.54) is 0 Å². The molecule has 45 heavy (non-hydrogen) atoms. The Kier molecular flexibility index (Phi) is 7.97. The Morgan fingerprint density at radius 3 is 0.889 bits per heavy atom. The van der Waals surface area contributed by atoms with Crippen LogP contribution in [-0.2, 0) is 0 Å². The van der Waals surface area contributed by atoms with E-state index in [-0.39, 0.29) is 0 Å². The third-order valence-electron chi connectivity index (χ3n) is 5.91. The zero-order valence-electron chi connectivity index (χ0n) is 20.3. The third-order valence-corrected chi connectivity index (χ3v) is 5.91. The fraction of sp³-hybridized carbons (Fsp3) is 0. The molecule has 0 saturated carbocycles. The van der Waals surface area contributed by atoms with Crippen molar-refractivity contribution in [2.75, 3.05) is 0 Å². The Balaban J connectivity index is 2.29. The van der Waals surface area contributed by atoms with Gasteiger partial charge in [-0.15, -0.1) is 0 Å². The molecule has 0 fully saturated rings. The lowest BCUT2D eigenvalue weighted by Crippen LogP contribution is -2.18. The first-order valence-electron chi connectivity index (χ1n) is 10.9. The first-order chi connectivity index (χ1) is 20.8. The van der Waals surface area contributed by atoms with E-state index in [1.54, 1.807) is 0 Å². The maximum absolute atomic E-state index is 14.8. The molecule has 4 rings (SSSR count). The molecule has 20 heteroatoms. The maximum atomic E-state index is 14.8. The lowest BCUT2D eigenvalue weighted by atomic mass is 9.88.